The monoisotopic (exact) mass is 303 g/mol. The third kappa shape index (κ3) is 3.69. The zero-order valence-electron chi connectivity index (χ0n) is 12.7. The fraction of sp³-hybridized carbons (Fsp3) is 0.267. The first-order chi connectivity index (χ1) is 10.5. The van der Waals surface area contributed by atoms with Crippen LogP contribution in [-0.2, 0) is 0 Å². The van der Waals surface area contributed by atoms with Gasteiger partial charge in [-0.1, -0.05) is 0 Å². The molecule has 2 rings (SSSR count). The number of carbonyl (C=O) groups is 1. The van der Waals surface area contributed by atoms with E-state index in [4.69, 9.17) is 0 Å². The molecule has 2 N–H and O–H groups in total. The number of aromatic nitrogens is 2. The lowest BCUT2D eigenvalue weighted by Crippen LogP contribution is -2.35. The topological polar surface area (TPSA) is 70.2 Å². The molecule has 6 nitrogen and oxygen atoms in total. The van der Waals surface area contributed by atoms with Crippen molar-refractivity contribution >= 4 is 23.5 Å². The number of hydrogen-bond acceptors (Lipinski definition) is 4. The normalized spacial score (nSPS) is 10.4. The Bertz CT molecular complexity index is 645. The highest BCUT2D eigenvalue weighted by atomic mass is 19.1. The molecule has 1 aromatic heterocycles. The number of halogens is 1. The van der Waals surface area contributed by atoms with Gasteiger partial charge in [0.15, 0.2) is 0 Å². The Morgan fingerprint density at radius 2 is 1.91 bits per heavy atom. The summed E-state index contributed by atoms with van der Waals surface area (Å²) in [4.78, 5) is 22.0. The van der Waals surface area contributed by atoms with Crippen molar-refractivity contribution in [3.63, 3.8) is 0 Å². The Hall–Kier alpha value is -2.70. The molecule has 1 aromatic carbocycles. The lowest BCUT2D eigenvalue weighted by atomic mass is 10.3. The van der Waals surface area contributed by atoms with Crippen LogP contribution < -0.4 is 15.5 Å². The van der Waals surface area contributed by atoms with Gasteiger partial charge in [0.25, 0.3) is 0 Å². The Kier molecular flexibility index (Phi) is 4.88. The predicted octanol–water partition coefficient (Wildman–Crippen LogP) is 2.91. The van der Waals surface area contributed by atoms with Crippen molar-refractivity contribution in [3.8, 4) is 0 Å². The second-order valence-electron chi connectivity index (χ2n) is 4.90. The summed E-state index contributed by atoms with van der Waals surface area (Å²) in [6.07, 6.45) is 1.56. The minimum Gasteiger partial charge on any atom is -0.352 e. The molecule has 0 spiro atoms. The van der Waals surface area contributed by atoms with Crippen LogP contribution in [0.2, 0.25) is 0 Å². The van der Waals surface area contributed by atoms with Gasteiger partial charge in [0.05, 0.1) is 5.69 Å². The number of benzene rings is 1. The molecule has 0 aliphatic carbocycles. The largest absolute Gasteiger partial charge is 0.352 e. The van der Waals surface area contributed by atoms with E-state index in [0.717, 1.165) is 0 Å². The van der Waals surface area contributed by atoms with Crippen molar-refractivity contribution in [1.29, 1.82) is 0 Å². The summed E-state index contributed by atoms with van der Waals surface area (Å²) in [7, 11) is 1.52. The third-order valence-electron chi connectivity index (χ3n) is 2.79. The van der Waals surface area contributed by atoms with Crippen molar-refractivity contribution in [3.05, 3.63) is 42.3 Å². The van der Waals surface area contributed by atoms with E-state index in [2.05, 4.69) is 20.6 Å². The lowest BCUT2D eigenvalue weighted by Gasteiger charge is -2.22. The molecule has 0 saturated heterocycles. The van der Waals surface area contributed by atoms with Crippen LogP contribution >= 0.6 is 0 Å². The van der Waals surface area contributed by atoms with Gasteiger partial charge in [0.1, 0.15) is 11.6 Å². The molecule has 1 heterocycles. The SMILES string of the molecule is CNC(=O)N(c1ccc(F)cc1)c1ccnc(NC(C)C)n1. The zero-order valence-corrected chi connectivity index (χ0v) is 12.7. The van der Waals surface area contributed by atoms with Gasteiger partial charge in [0.2, 0.25) is 5.95 Å². The molecule has 0 bridgehead atoms. The maximum atomic E-state index is 13.1. The Morgan fingerprint density at radius 3 is 2.50 bits per heavy atom. The third-order valence-corrected chi connectivity index (χ3v) is 2.79. The second kappa shape index (κ2) is 6.84. The highest BCUT2D eigenvalue weighted by molar-refractivity contribution is 5.98. The van der Waals surface area contributed by atoms with Crippen LogP contribution in [0.3, 0.4) is 0 Å². The van der Waals surface area contributed by atoms with E-state index in [1.54, 1.807) is 12.3 Å². The minimum absolute atomic E-state index is 0.162. The van der Waals surface area contributed by atoms with Crippen molar-refractivity contribution in [2.45, 2.75) is 19.9 Å². The predicted molar refractivity (Wildman–Crippen MR) is 83.8 cm³/mol. The maximum absolute atomic E-state index is 13.1. The van der Waals surface area contributed by atoms with Gasteiger partial charge in [-0.2, -0.15) is 4.98 Å². The number of rotatable bonds is 4. The summed E-state index contributed by atoms with van der Waals surface area (Å²) in [6, 6.07) is 7.02. The number of hydrogen-bond donors (Lipinski definition) is 2. The van der Waals surface area contributed by atoms with Crippen LogP contribution in [0.4, 0.5) is 26.6 Å². The van der Waals surface area contributed by atoms with Gasteiger partial charge < -0.3 is 10.6 Å². The summed E-state index contributed by atoms with van der Waals surface area (Å²) >= 11 is 0. The standard InChI is InChI=1S/C15H18FN5O/c1-10(2)19-14-18-9-8-13(20-14)21(15(22)17-3)12-6-4-11(16)5-7-12/h4-10H,1-3H3,(H,17,22)(H,18,19,20). The molecule has 116 valence electrons. The smallest absolute Gasteiger partial charge is 0.327 e. The number of anilines is 3. The number of nitrogens with zero attached hydrogens (tertiary/aromatic N) is 3. The molecule has 0 fully saturated rings. The van der Waals surface area contributed by atoms with Gasteiger partial charge in [-0.15, -0.1) is 0 Å². The average Bonchev–Trinajstić information content (AvgIpc) is 2.49. The summed E-state index contributed by atoms with van der Waals surface area (Å²) < 4.78 is 13.1. The van der Waals surface area contributed by atoms with Crippen LogP contribution in [0, 0.1) is 5.82 Å². The van der Waals surface area contributed by atoms with Gasteiger partial charge in [-0.05, 0) is 38.1 Å². The number of carbonyl (C=O) groups excluding carboxylic acids is 1. The Labute approximate surface area is 128 Å². The summed E-state index contributed by atoms with van der Waals surface area (Å²) in [5.41, 5.74) is 0.509. The Balaban J connectivity index is 2.41. The highest BCUT2D eigenvalue weighted by Gasteiger charge is 2.19. The number of urea groups is 1. The molecule has 0 aliphatic rings. The van der Waals surface area contributed by atoms with E-state index in [1.165, 1.54) is 36.2 Å². The molecule has 22 heavy (non-hydrogen) atoms. The molecular weight excluding hydrogens is 285 g/mol. The average molecular weight is 303 g/mol. The summed E-state index contributed by atoms with van der Waals surface area (Å²) in [5.74, 6) is 0.443. The zero-order chi connectivity index (χ0) is 16.1. The Morgan fingerprint density at radius 1 is 1.23 bits per heavy atom. The fourth-order valence-electron chi connectivity index (χ4n) is 1.86. The highest BCUT2D eigenvalue weighted by Crippen LogP contribution is 2.24. The van der Waals surface area contributed by atoms with Crippen LogP contribution in [0.5, 0.6) is 0 Å². The molecule has 0 radical (unpaired) electrons. The van der Waals surface area contributed by atoms with Crippen LogP contribution in [0.1, 0.15) is 13.8 Å². The van der Waals surface area contributed by atoms with Gasteiger partial charge in [-0.3, -0.25) is 0 Å². The summed E-state index contributed by atoms with van der Waals surface area (Å²) in [6.45, 7) is 3.93. The van der Waals surface area contributed by atoms with Crippen molar-refractivity contribution in [1.82, 2.24) is 15.3 Å². The first-order valence-electron chi connectivity index (χ1n) is 6.88. The molecular formula is C15H18FN5O. The van der Waals surface area contributed by atoms with Gasteiger partial charge in [0, 0.05) is 25.4 Å². The van der Waals surface area contributed by atoms with Gasteiger partial charge in [-0.25, -0.2) is 19.1 Å². The number of amides is 2. The molecule has 2 amide bonds. The lowest BCUT2D eigenvalue weighted by molar-refractivity contribution is 0.250. The first kappa shape index (κ1) is 15.7. The van der Waals surface area contributed by atoms with Crippen LogP contribution in [0.25, 0.3) is 0 Å². The number of nitrogens with one attached hydrogen (secondary N) is 2. The van der Waals surface area contributed by atoms with E-state index >= 15 is 0 Å². The molecule has 2 aromatic rings. The fourth-order valence-corrected chi connectivity index (χ4v) is 1.86. The van der Waals surface area contributed by atoms with Gasteiger partial charge >= 0.3 is 6.03 Å². The first-order valence-corrected chi connectivity index (χ1v) is 6.88. The minimum atomic E-state index is -0.374. The molecule has 0 unspecified atom stereocenters. The molecule has 0 aliphatic heterocycles. The maximum Gasteiger partial charge on any atom is 0.327 e. The second-order valence-corrected chi connectivity index (χ2v) is 4.90. The van der Waals surface area contributed by atoms with E-state index in [0.29, 0.717) is 17.5 Å². The van der Waals surface area contributed by atoms with E-state index < -0.39 is 0 Å². The van der Waals surface area contributed by atoms with E-state index in [9.17, 15) is 9.18 Å². The quantitative estimate of drug-likeness (QED) is 0.911. The molecule has 0 saturated carbocycles. The van der Waals surface area contributed by atoms with E-state index in [-0.39, 0.29) is 17.9 Å². The van der Waals surface area contributed by atoms with Crippen LogP contribution in [0.15, 0.2) is 36.5 Å². The van der Waals surface area contributed by atoms with E-state index in [1.807, 2.05) is 13.8 Å². The van der Waals surface area contributed by atoms with Crippen LogP contribution in [-0.4, -0.2) is 29.1 Å². The van der Waals surface area contributed by atoms with Crippen molar-refractivity contribution in [2.75, 3.05) is 17.3 Å². The van der Waals surface area contributed by atoms with Crippen molar-refractivity contribution < 1.29 is 9.18 Å². The molecule has 0 atom stereocenters. The summed E-state index contributed by atoms with van der Waals surface area (Å²) in [5, 5.41) is 5.63. The van der Waals surface area contributed by atoms with Crippen molar-refractivity contribution in [2.24, 2.45) is 0 Å². The molecule has 7 heteroatoms.